The van der Waals surface area contributed by atoms with Crippen LogP contribution in [0.5, 0.6) is 5.75 Å². The predicted octanol–water partition coefficient (Wildman–Crippen LogP) is 1.87. The van der Waals surface area contributed by atoms with Gasteiger partial charge in [-0.25, -0.2) is 4.39 Å². The third-order valence-corrected chi connectivity index (χ3v) is 1.92. The highest BCUT2D eigenvalue weighted by Gasteiger charge is 2.08. The number of aliphatic hydroxyl groups is 1. The Morgan fingerprint density at radius 2 is 2.20 bits per heavy atom. The first kappa shape index (κ1) is 12.2. The minimum Gasteiger partial charge on any atom is -0.488 e. The van der Waals surface area contributed by atoms with Crippen LogP contribution in [0.2, 0.25) is 5.02 Å². The molecular formula is C10H12ClFO3. The maximum Gasteiger partial charge on any atom is 0.165 e. The van der Waals surface area contributed by atoms with Crippen LogP contribution in [0.3, 0.4) is 0 Å². The molecule has 0 unspecified atom stereocenters. The Morgan fingerprint density at radius 1 is 1.47 bits per heavy atom. The number of hydrogen-bond acceptors (Lipinski definition) is 3. The van der Waals surface area contributed by atoms with Gasteiger partial charge in [0.25, 0.3) is 0 Å². The smallest absolute Gasteiger partial charge is 0.165 e. The second kappa shape index (κ2) is 5.90. The fraction of sp³-hybridized carbons (Fsp3) is 0.400. The van der Waals surface area contributed by atoms with Crippen LogP contribution in [0.25, 0.3) is 0 Å². The summed E-state index contributed by atoms with van der Waals surface area (Å²) in [6.45, 7) is 0.104. The van der Waals surface area contributed by atoms with Crippen molar-refractivity contribution in [3.05, 3.63) is 29.0 Å². The lowest BCUT2D eigenvalue weighted by Crippen LogP contribution is -2.22. The Hall–Kier alpha value is -0.840. The Kier molecular flexibility index (Phi) is 4.81. The molecule has 0 radical (unpaired) electrons. The quantitative estimate of drug-likeness (QED) is 0.845. The average molecular weight is 235 g/mol. The third kappa shape index (κ3) is 4.03. The molecule has 0 bridgehead atoms. The minimum absolute atomic E-state index is 0.0256. The van der Waals surface area contributed by atoms with Gasteiger partial charge in [-0.05, 0) is 12.1 Å². The molecule has 5 heteroatoms. The van der Waals surface area contributed by atoms with Crippen LogP contribution in [-0.2, 0) is 4.74 Å². The zero-order chi connectivity index (χ0) is 11.3. The molecule has 1 aromatic carbocycles. The molecule has 0 aliphatic carbocycles. The maximum absolute atomic E-state index is 13.1. The normalized spacial score (nSPS) is 12.5. The second-order valence-electron chi connectivity index (χ2n) is 2.99. The average Bonchev–Trinajstić information content (AvgIpc) is 2.20. The van der Waals surface area contributed by atoms with Crippen LogP contribution < -0.4 is 4.74 Å². The largest absolute Gasteiger partial charge is 0.488 e. The monoisotopic (exact) mass is 234 g/mol. The summed E-state index contributed by atoms with van der Waals surface area (Å²) in [6.07, 6.45) is -0.784. The van der Waals surface area contributed by atoms with Gasteiger partial charge in [0.15, 0.2) is 11.6 Å². The highest BCUT2D eigenvalue weighted by molar-refractivity contribution is 6.30. The molecule has 0 aliphatic rings. The molecule has 0 saturated carbocycles. The predicted molar refractivity (Wildman–Crippen MR) is 54.8 cm³/mol. The van der Waals surface area contributed by atoms with Crippen molar-refractivity contribution in [3.63, 3.8) is 0 Å². The zero-order valence-electron chi connectivity index (χ0n) is 8.24. The van der Waals surface area contributed by atoms with E-state index in [1.807, 2.05) is 0 Å². The van der Waals surface area contributed by atoms with E-state index in [9.17, 15) is 9.50 Å². The van der Waals surface area contributed by atoms with E-state index < -0.39 is 11.9 Å². The van der Waals surface area contributed by atoms with Gasteiger partial charge < -0.3 is 14.6 Å². The first-order chi connectivity index (χ1) is 7.13. The van der Waals surface area contributed by atoms with Gasteiger partial charge in [-0.3, -0.25) is 0 Å². The van der Waals surface area contributed by atoms with E-state index in [1.54, 1.807) is 0 Å². The summed E-state index contributed by atoms with van der Waals surface area (Å²) in [6, 6.07) is 3.99. The maximum atomic E-state index is 13.1. The molecule has 0 aliphatic heterocycles. The lowest BCUT2D eigenvalue weighted by Gasteiger charge is -2.11. The molecule has 84 valence electrons. The molecule has 0 saturated heterocycles. The molecule has 1 atom stereocenters. The van der Waals surface area contributed by atoms with E-state index in [0.717, 1.165) is 0 Å². The Labute approximate surface area is 92.4 Å². The van der Waals surface area contributed by atoms with Gasteiger partial charge in [0.05, 0.1) is 6.61 Å². The summed E-state index contributed by atoms with van der Waals surface area (Å²) in [7, 11) is 1.46. The summed E-state index contributed by atoms with van der Waals surface area (Å²) in [5.74, 6) is -0.485. The van der Waals surface area contributed by atoms with Crippen molar-refractivity contribution in [2.24, 2.45) is 0 Å². The van der Waals surface area contributed by atoms with Gasteiger partial charge >= 0.3 is 0 Å². The van der Waals surface area contributed by atoms with Crippen LogP contribution in [-0.4, -0.2) is 31.5 Å². The summed E-state index contributed by atoms with van der Waals surface area (Å²) in [5, 5.41) is 9.65. The fourth-order valence-electron chi connectivity index (χ4n) is 1.01. The highest BCUT2D eigenvalue weighted by atomic mass is 35.5. The van der Waals surface area contributed by atoms with Gasteiger partial charge in [0.2, 0.25) is 0 Å². The van der Waals surface area contributed by atoms with Crippen LogP contribution in [0.1, 0.15) is 0 Å². The third-order valence-electron chi connectivity index (χ3n) is 1.68. The molecule has 0 aromatic heterocycles. The van der Waals surface area contributed by atoms with E-state index in [0.29, 0.717) is 5.02 Å². The van der Waals surface area contributed by atoms with Gasteiger partial charge in [-0.2, -0.15) is 0 Å². The molecule has 15 heavy (non-hydrogen) atoms. The molecule has 0 spiro atoms. The number of aliphatic hydroxyl groups excluding tert-OH is 1. The van der Waals surface area contributed by atoms with Crippen molar-refractivity contribution >= 4 is 11.6 Å². The van der Waals surface area contributed by atoms with Gasteiger partial charge in [-0.15, -0.1) is 0 Å². The van der Waals surface area contributed by atoms with Crippen molar-refractivity contribution in [3.8, 4) is 5.75 Å². The number of benzene rings is 1. The SMILES string of the molecule is COC[C@H](O)COc1cc(Cl)ccc1F. The Morgan fingerprint density at radius 3 is 2.87 bits per heavy atom. The molecule has 0 heterocycles. The van der Waals surface area contributed by atoms with Crippen LogP contribution in [0, 0.1) is 5.82 Å². The molecule has 1 aromatic rings. The van der Waals surface area contributed by atoms with Crippen molar-refractivity contribution in [1.82, 2.24) is 0 Å². The standard InChI is InChI=1S/C10H12ClFO3/c1-14-5-8(13)6-15-10-4-7(11)2-3-9(10)12/h2-4,8,13H,5-6H2,1H3/t8-/m0/s1. The number of ether oxygens (including phenoxy) is 2. The second-order valence-corrected chi connectivity index (χ2v) is 3.43. The summed E-state index contributed by atoms with van der Waals surface area (Å²) < 4.78 is 22.8. The summed E-state index contributed by atoms with van der Waals surface area (Å²) >= 11 is 5.66. The number of rotatable bonds is 5. The lowest BCUT2D eigenvalue weighted by molar-refractivity contribution is 0.0316. The fourth-order valence-corrected chi connectivity index (χ4v) is 1.18. The van der Waals surface area contributed by atoms with Crippen molar-refractivity contribution < 1.29 is 19.0 Å². The van der Waals surface area contributed by atoms with Gasteiger partial charge in [-0.1, -0.05) is 11.6 Å². The van der Waals surface area contributed by atoms with Crippen LogP contribution >= 0.6 is 11.6 Å². The number of hydrogen-bond donors (Lipinski definition) is 1. The summed E-state index contributed by atoms with van der Waals surface area (Å²) in [4.78, 5) is 0. The number of methoxy groups -OCH3 is 1. The molecule has 3 nitrogen and oxygen atoms in total. The van der Waals surface area contributed by atoms with E-state index in [1.165, 1.54) is 25.3 Å². The molecule has 0 fully saturated rings. The lowest BCUT2D eigenvalue weighted by atomic mass is 10.3. The summed E-state index contributed by atoms with van der Waals surface area (Å²) in [5.41, 5.74) is 0. The van der Waals surface area contributed by atoms with Gasteiger partial charge in [0.1, 0.15) is 12.7 Å². The van der Waals surface area contributed by atoms with Crippen molar-refractivity contribution in [1.29, 1.82) is 0 Å². The van der Waals surface area contributed by atoms with E-state index in [2.05, 4.69) is 0 Å². The molecule has 1 N–H and O–H groups in total. The number of halogens is 2. The first-order valence-corrected chi connectivity index (χ1v) is 4.76. The zero-order valence-corrected chi connectivity index (χ0v) is 9.00. The highest BCUT2D eigenvalue weighted by Crippen LogP contribution is 2.21. The first-order valence-electron chi connectivity index (χ1n) is 4.38. The molecule has 1 rings (SSSR count). The van der Waals surface area contributed by atoms with Crippen LogP contribution in [0.15, 0.2) is 18.2 Å². The topological polar surface area (TPSA) is 38.7 Å². The molecule has 0 amide bonds. The minimum atomic E-state index is -0.784. The van der Waals surface area contributed by atoms with E-state index >= 15 is 0 Å². The van der Waals surface area contributed by atoms with E-state index in [-0.39, 0.29) is 19.0 Å². The van der Waals surface area contributed by atoms with Gasteiger partial charge in [0, 0.05) is 18.2 Å². The Balaban J connectivity index is 2.53. The van der Waals surface area contributed by atoms with E-state index in [4.69, 9.17) is 21.1 Å². The van der Waals surface area contributed by atoms with Crippen LogP contribution in [0.4, 0.5) is 4.39 Å². The van der Waals surface area contributed by atoms with Crippen molar-refractivity contribution in [2.45, 2.75) is 6.10 Å². The molecular weight excluding hydrogens is 223 g/mol. The Bertz CT molecular complexity index is 320. The van der Waals surface area contributed by atoms with Crippen molar-refractivity contribution in [2.75, 3.05) is 20.3 Å².